The molecule has 0 aliphatic heterocycles. The van der Waals surface area contributed by atoms with Gasteiger partial charge in [0.2, 0.25) is 11.8 Å². The second-order valence-corrected chi connectivity index (χ2v) is 5.70. The first-order chi connectivity index (χ1) is 7.82. The normalized spacial score (nSPS) is 17.4. The molecule has 1 fully saturated rings. The third-order valence-corrected chi connectivity index (χ3v) is 2.89. The average Bonchev–Trinajstić information content (AvgIpc) is 3.04. The van der Waals surface area contributed by atoms with Crippen LogP contribution in [0.25, 0.3) is 0 Å². The van der Waals surface area contributed by atoms with Crippen LogP contribution in [0.4, 0.5) is 0 Å². The van der Waals surface area contributed by atoms with Gasteiger partial charge in [0.25, 0.3) is 0 Å². The first-order valence-electron chi connectivity index (χ1n) is 6.13. The van der Waals surface area contributed by atoms with Crippen LogP contribution in [-0.4, -0.2) is 30.9 Å². The van der Waals surface area contributed by atoms with Gasteiger partial charge in [0.05, 0.1) is 6.04 Å². The van der Waals surface area contributed by atoms with Crippen LogP contribution >= 0.6 is 0 Å². The third-order valence-electron chi connectivity index (χ3n) is 2.89. The average molecular weight is 241 g/mol. The van der Waals surface area contributed by atoms with Crippen LogP contribution < -0.4 is 16.4 Å². The van der Waals surface area contributed by atoms with Crippen LogP contribution in [-0.2, 0) is 9.59 Å². The van der Waals surface area contributed by atoms with Crippen molar-refractivity contribution >= 4 is 11.8 Å². The molecule has 0 heterocycles. The fraction of sp³-hybridized carbons (Fsp3) is 0.833. The number of nitrogens with one attached hydrogen (secondary N) is 2. The van der Waals surface area contributed by atoms with Crippen molar-refractivity contribution in [2.75, 3.05) is 13.1 Å². The van der Waals surface area contributed by atoms with Crippen molar-refractivity contribution in [3.63, 3.8) is 0 Å². The molecule has 5 nitrogen and oxygen atoms in total. The number of nitrogens with two attached hydrogens (primary N) is 1. The van der Waals surface area contributed by atoms with Gasteiger partial charge in [-0.1, -0.05) is 20.8 Å². The summed E-state index contributed by atoms with van der Waals surface area (Å²) in [6, 6.07) is -0.526. The van der Waals surface area contributed by atoms with Gasteiger partial charge in [0.1, 0.15) is 0 Å². The van der Waals surface area contributed by atoms with Gasteiger partial charge in [0.15, 0.2) is 0 Å². The first-order valence-corrected chi connectivity index (χ1v) is 6.13. The van der Waals surface area contributed by atoms with Gasteiger partial charge in [0, 0.05) is 19.0 Å². The lowest BCUT2D eigenvalue weighted by Crippen LogP contribution is -2.50. The molecule has 4 N–H and O–H groups in total. The monoisotopic (exact) mass is 241 g/mol. The van der Waals surface area contributed by atoms with Gasteiger partial charge in [-0.05, 0) is 18.3 Å². The van der Waals surface area contributed by atoms with E-state index in [1.54, 1.807) is 0 Å². The van der Waals surface area contributed by atoms with Crippen molar-refractivity contribution in [3.05, 3.63) is 0 Å². The van der Waals surface area contributed by atoms with Crippen molar-refractivity contribution in [1.29, 1.82) is 0 Å². The molecule has 0 saturated heterocycles. The van der Waals surface area contributed by atoms with Crippen molar-refractivity contribution < 1.29 is 9.59 Å². The van der Waals surface area contributed by atoms with Crippen LogP contribution in [0.5, 0.6) is 0 Å². The minimum atomic E-state index is -0.526. The number of carbonyl (C=O) groups is 2. The van der Waals surface area contributed by atoms with Crippen LogP contribution in [0.15, 0.2) is 0 Å². The molecule has 0 spiro atoms. The Balaban J connectivity index is 2.13. The molecule has 1 unspecified atom stereocenters. The van der Waals surface area contributed by atoms with E-state index in [4.69, 9.17) is 5.73 Å². The van der Waals surface area contributed by atoms with Crippen molar-refractivity contribution in [2.24, 2.45) is 17.1 Å². The van der Waals surface area contributed by atoms with Crippen molar-refractivity contribution in [3.8, 4) is 0 Å². The SMILES string of the molecule is CC(C)(C)C(N)C(=O)NCCNC(=O)C1CC1. The van der Waals surface area contributed by atoms with Crippen LogP contribution in [0.2, 0.25) is 0 Å². The summed E-state index contributed by atoms with van der Waals surface area (Å²) in [7, 11) is 0. The molecule has 1 rings (SSSR count). The van der Waals surface area contributed by atoms with Crippen molar-refractivity contribution in [2.45, 2.75) is 39.7 Å². The quantitative estimate of drug-likeness (QED) is 0.592. The van der Waals surface area contributed by atoms with E-state index < -0.39 is 6.04 Å². The zero-order valence-corrected chi connectivity index (χ0v) is 10.9. The summed E-state index contributed by atoms with van der Waals surface area (Å²) in [6.45, 7) is 6.67. The number of hydrogen-bond acceptors (Lipinski definition) is 3. The molecule has 0 radical (unpaired) electrons. The van der Waals surface area contributed by atoms with Crippen LogP contribution in [0.3, 0.4) is 0 Å². The maximum Gasteiger partial charge on any atom is 0.237 e. The Morgan fingerprint density at radius 1 is 1.24 bits per heavy atom. The second-order valence-electron chi connectivity index (χ2n) is 5.70. The maximum atomic E-state index is 11.6. The predicted octanol–water partition coefficient (Wildman–Crippen LogP) is 0.00220. The largest absolute Gasteiger partial charge is 0.354 e. The van der Waals surface area contributed by atoms with Crippen LogP contribution in [0.1, 0.15) is 33.6 Å². The summed E-state index contributed by atoms with van der Waals surface area (Å²) in [4.78, 5) is 22.9. The molecule has 17 heavy (non-hydrogen) atoms. The standard InChI is InChI=1S/C12H23N3O2/c1-12(2,3)9(13)11(17)15-7-6-14-10(16)8-4-5-8/h8-9H,4-7,13H2,1-3H3,(H,14,16)(H,15,17). The Morgan fingerprint density at radius 3 is 2.24 bits per heavy atom. The Hall–Kier alpha value is -1.10. The summed E-state index contributed by atoms with van der Waals surface area (Å²) in [6.07, 6.45) is 1.99. The summed E-state index contributed by atoms with van der Waals surface area (Å²) >= 11 is 0. The van der Waals surface area contributed by atoms with Gasteiger partial charge >= 0.3 is 0 Å². The summed E-state index contributed by atoms with van der Waals surface area (Å²) in [5.41, 5.74) is 5.55. The maximum absolute atomic E-state index is 11.6. The minimum Gasteiger partial charge on any atom is -0.354 e. The highest BCUT2D eigenvalue weighted by Gasteiger charge is 2.29. The van der Waals surface area contributed by atoms with Gasteiger partial charge < -0.3 is 16.4 Å². The number of amides is 2. The molecule has 2 amide bonds. The fourth-order valence-corrected chi connectivity index (χ4v) is 1.36. The molecule has 0 bridgehead atoms. The Bertz CT molecular complexity index is 293. The second kappa shape index (κ2) is 5.49. The third kappa shape index (κ3) is 4.73. The van der Waals surface area contributed by atoms with E-state index in [2.05, 4.69) is 10.6 Å². The highest BCUT2D eigenvalue weighted by atomic mass is 16.2. The lowest BCUT2D eigenvalue weighted by atomic mass is 9.87. The molecule has 1 aliphatic rings. The van der Waals surface area contributed by atoms with Crippen LogP contribution in [0, 0.1) is 11.3 Å². The van der Waals surface area contributed by atoms with E-state index in [1.807, 2.05) is 20.8 Å². The fourth-order valence-electron chi connectivity index (χ4n) is 1.36. The molecule has 1 saturated carbocycles. The highest BCUT2D eigenvalue weighted by molar-refractivity contribution is 5.82. The molecule has 0 aromatic rings. The number of carbonyl (C=O) groups excluding carboxylic acids is 2. The van der Waals surface area contributed by atoms with Gasteiger partial charge in [-0.15, -0.1) is 0 Å². The first kappa shape index (κ1) is 14.0. The number of hydrogen-bond donors (Lipinski definition) is 3. The lowest BCUT2D eigenvalue weighted by molar-refractivity contribution is -0.125. The Morgan fingerprint density at radius 2 is 1.76 bits per heavy atom. The van der Waals surface area contributed by atoms with Gasteiger partial charge in [-0.3, -0.25) is 9.59 Å². The highest BCUT2D eigenvalue weighted by Crippen LogP contribution is 2.28. The zero-order chi connectivity index (χ0) is 13.1. The minimum absolute atomic E-state index is 0.0966. The van der Waals surface area contributed by atoms with Crippen molar-refractivity contribution in [1.82, 2.24) is 10.6 Å². The summed E-state index contributed by atoms with van der Waals surface area (Å²) in [5, 5.41) is 5.51. The number of rotatable bonds is 5. The molecule has 0 aromatic carbocycles. The van der Waals surface area contributed by atoms with E-state index in [1.165, 1.54) is 0 Å². The van der Waals surface area contributed by atoms with E-state index in [9.17, 15) is 9.59 Å². The Labute approximate surface area is 103 Å². The summed E-state index contributed by atoms with van der Waals surface area (Å²) < 4.78 is 0. The van der Waals surface area contributed by atoms with Gasteiger partial charge in [-0.2, -0.15) is 0 Å². The predicted molar refractivity (Wildman–Crippen MR) is 66.2 cm³/mol. The van der Waals surface area contributed by atoms with E-state index in [0.29, 0.717) is 13.1 Å². The van der Waals surface area contributed by atoms with Gasteiger partial charge in [-0.25, -0.2) is 0 Å². The topological polar surface area (TPSA) is 84.2 Å². The smallest absolute Gasteiger partial charge is 0.237 e. The van der Waals surface area contributed by atoms with E-state index in [-0.39, 0.29) is 23.1 Å². The molecular weight excluding hydrogens is 218 g/mol. The molecular formula is C12H23N3O2. The molecule has 1 atom stereocenters. The molecule has 98 valence electrons. The zero-order valence-electron chi connectivity index (χ0n) is 10.9. The molecule has 1 aliphatic carbocycles. The Kier molecular flexibility index (Phi) is 4.51. The molecule has 5 heteroatoms. The van der Waals surface area contributed by atoms with E-state index >= 15 is 0 Å². The lowest BCUT2D eigenvalue weighted by Gasteiger charge is -2.25. The summed E-state index contributed by atoms with van der Waals surface area (Å²) in [5.74, 6) is 0.139. The van der Waals surface area contributed by atoms with E-state index in [0.717, 1.165) is 12.8 Å². The molecule has 0 aromatic heterocycles.